The number of para-hydroxylation sites is 1. The molecular weight excluding hydrogens is 333 g/mol. The number of hydrogen-bond acceptors (Lipinski definition) is 3. The first-order valence-electron chi connectivity index (χ1n) is 6.02. The molecule has 2 N–H and O–H groups in total. The third kappa shape index (κ3) is 3.49. The van der Waals surface area contributed by atoms with Crippen LogP contribution >= 0.6 is 23.2 Å². The van der Waals surface area contributed by atoms with E-state index in [4.69, 9.17) is 23.2 Å². The first-order chi connectivity index (χ1) is 9.85. The molecule has 112 valence electrons. The molecular formula is C14H13Cl2NO3S. The number of aryl methyl sites for hydroxylation is 1. The van der Waals surface area contributed by atoms with Crippen LogP contribution in [-0.4, -0.2) is 13.5 Å². The summed E-state index contributed by atoms with van der Waals surface area (Å²) in [5.74, 6) is 0. The van der Waals surface area contributed by atoms with Crippen molar-refractivity contribution in [3.8, 4) is 0 Å². The summed E-state index contributed by atoms with van der Waals surface area (Å²) in [5, 5.41) is 9.67. The lowest BCUT2D eigenvalue weighted by molar-refractivity contribution is 0.282. The molecule has 2 rings (SSSR count). The number of rotatable bonds is 4. The van der Waals surface area contributed by atoms with Crippen molar-refractivity contribution in [2.24, 2.45) is 0 Å². The number of hydrogen-bond donors (Lipinski definition) is 2. The fourth-order valence-corrected chi connectivity index (χ4v) is 3.82. The van der Waals surface area contributed by atoms with Crippen LogP contribution in [0.1, 0.15) is 11.1 Å². The molecule has 0 heterocycles. The van der Waals surface area contributed by atoms with Gasteiger partial charge in [-0.1, -0.05) is 41.4 Å². The van der Waals surface area contributed by atoms with Crippen molar-refractivity contribution in [2.75, 3.05) is 4.72 Å². The highest BCUT2D eigenvalue weighted by Crippen LogP contribution is 2.29. The Morgan fingerprint density at radius 3 is 2.57 bits per heavy atom. The Hall–Kier alpha value is -1.27. The van der Waals surface area contributed by atoms with Crippen LogP contribution in [-0.2, 0) is 16.6 Å². The summed E-state index contributed by atoms with van der Waals surface area (Å²) in [7, 11) is -3.90. The predicted octanol–water partition coefficient (Wildman–Crippen LogP) is 3.59. The number of halogens is 2. The van der Waals surface area contributed by atoms with Crippen molar-refractivity contribution in [1.29, 1.82) is 0 Å². The summed E-state index contributed by atoms with van der Waals surface area (Å²) in [6, 6.07) is 9.34. The summed E-state index contributed by atoms with van der Waals surface area (Å²) in [6.07, 6.45) is 0. The molecule has 4 nitrogen and oxygen atoms in total. The van der Waals surface area contributed by atoms with E-state index in [1.54, 1.807) is 25.1 Å². The summed E-state index contributed by atoms with van der Waals surface area (Å²) < 4.78 is 27.4. The van der Waals surface area contributed by atoms with Crippen molar-refractivity contribution >= 4 is 38.9 Å². The molecule has 0 aromatic heterocycles. The molecule has 21 heavy (non-hydrogen) atoms. The van der Waals surface area contributed by atoms with Crippen LogP contribution in [0.15, 0.2) is 41.3 Å². The van der Waals surface area contributed by atoms with Crippen LogP contribution in [0.4, 0.5) is 5.69 Å². The second kappa shape index (κ2) is 6.23. The topological polar surface area (TPSA) is 66.4 Å². The lowest BCUT2D eigenvalue weighted by atomic mass is 10.1. The zero-order valence-corrected chi connectivity index (χ0v) is 13.4. The minimum absolute atomic E-state index is 0.0750. The number of aliphatic hydroxyl groups is 1. The van der Waals surface area contributed by atoms with Gasteiger partial charge in [-0.2, -0.15) is 0 Å². The summed E-state index contributed by atoms with van der Waals surface area (Å²) in [4.78, 5) is -0.108. The zero-order valence-electron chi connectivity index (χ0n) is 11.1. The van der Waals surface area contributed by atoms with E-state index in [1.165, 1.54) is 18.2 Å². The molecule has 0 aliphatic carbocycles. The van der Waals surface area contributed by atoms with E-state index >= 15 is 0 Å². The second-order valence-electron chi connectivity index (χ2n) is 4.45. The highest BCUT2D eigenvalue weighted by molar-refractivity contribution is 7.92. The van der Waals surface area contributed by atoms with Gasteiger partial charge in [-0.25, -0.2) is 8.42 Å². The van der Waals surface area contributed by atoms with E-state index in [-0.39, 0.29) is 21.5 Å². The molecule has 0 saturated carbocycles. The fourth-order valence-electron chi connectivity index (χ4n) is 1.88. The Morgan fingerprint density at radius 1 is 1.19 bits per heavy atom. The number of benzene rings is 2. The summed E-state index contributed by atoms with van der Waals surface area (Å²) in [5.41, 5.74) is 1.52. The zero-order chi connectivity index (χ0) is 15.6. The molecule has 0 saturated heterocycles. The number of anilines is 1. The third-order valence-electron chi connectivity index (χ3n) is 2.95. The van der Waals surface area contributed by atoms with E-state index in [1.807, 2.05) is 0 Å². The molecule has 0 atom stereocenters. The lowest BCUT2D eigenvalue weighted by Crippen LogP contribution is -2.15. The van der Waals surface area contributed by atoms with Crippen LogP contribution < -0.4 is 4.72 Å². The number of sulfonamides is 1. The maximum absolute atomic E-state index is 12.5. The van der Waals surface area contributed by atoms with Crippen LogP contribution in [0.5, 0.6) is 0 Å². The molecule has 2 aromatic rings. The fraction of sp³-hybridized carbons (Fsp3) is 0.143. The van der Waals surface area contributed by atoms with E-state index in [9.17, 15) is 13.5 Å². The minimum atomic E-state index is -3.90. The van der Waals surface area contributed by atoms with E-state index in [0.717, 1.165) is 0 Å². The second-order valence-corrected chi connectivity index (χ2v) is 6.94. The normalized spacial score (nSPS) is 11.4. The number of aliphatic hydroxyl groups excluding tert-OH is 1. The SMILES string of the molecule is Cc1cccc(CO)c1NS(=O)(=O)c1cc(Cl)ccc1Cl. The molecule has 2 aromatic carbocycles. The Labute approximate surface area is 133 Å². The summed E-state index contributed by atoms with van der Waals surface area (Å²) >= 11 is 11.8. The van der Waals surface area contributed by atoms with Gasteiger partial charge < -0.3 is 5.11 Å². The van der Waals surface area contributed by atoms with Crippen LogP contribution in [0.2, 0.25) is 10.0 Å². The quantitative estimate of drug-likeness (QED) is 0.889. The molecule has 0 aliphatic heterocycles. The Bertz CT molecular complexity index is 776. The maximum Gasteiger partial charge on any atom is 0.263 e. The lowest BCUT2D eigenvalue weighted by Gasteiger charge is -2.15. The summed E-state index contributed by atoms with van der Waals surface area (Å²) in [6.45, 7) is 1.47. The van der Waals surface area contributed by atoms with E-state index in [2.05, 4.69) is 4.72 Å². The average molecular weight is 346 g/mol. The highest BCUT2D eigenvalue weighted by atomic mass is 35.5. The van der Waals surface area contributed by atoms with E-state index in [0.29, 0.717) is 16.8 Å². The molecule has 0 fully saturated rings. The first kappa shape index (κ1) is 16.1. The standard InChI is InChI=1S/C14H13Cl2NO3S/c1-9-3-2-4-10(8-18)14(9)17-21(19,20)13-7-11(15)5-6-12(13)16/h2-7,17-18H,8H2,1H3. The molecule has 0 amide bonds. The molecule has 0 radical (unpaired) electrons. The van der Waals surface area contributed by atoms with E-state index < -0.39 is 10.0 Å². The van der Waals surface area contributed by atoms with Gasteiger partial charge in [-0.3, -0.25) is 4.72 Å². The smallest absolute Gasteiger partial charge is 0.263 e. The van der Waals surface area contributed by atoms with Gasteiger partial charge in [-0.15, -0.1) is 0 Å². The van der Waals surface area contributed by atoms with Crippen LogP contribution in [0.25, 0.3) is 0 Å². The molecule has 7 heteroatoms. The van der Waals surface area contributed by atoms with Gasteiger partial charge in [0, 0.05) is 10.6 Å². The van der Waals surface area contributed by atoms with Gasteiger partial charge in [0.1, 0.15) is 4.90 Å². The van der Waals surface area contributed by atoms with Crippen LogP contribution in [0, 0.1) is 6.92 Å². The molecule has 0 unspecified atom stereocenters. The monoisotopic (exact) mass is 345 g/mol. The van der Waals surface area contributed by atoms with Gasteiger partial charge in [0.25, 0.3) is 10.0 Å². The van der Waals surface area contributed by atoms with Gasteiger partial charge >= 0.3 is 0 Å². The van der Waals surface area contributed by atoms with Gasteiger partial charge in [-0.05, 0) is 30.7 Å². The largest absolute Gasteiger partial charge is 0.392 e. The molecule has 0 aliphatic rings. The molecule has 0 spiro atoms. The predicted molar refractivity (Wildman–Crippen MR) is 84.4 cm³/mol. The average Bonchev–Trinajstić information content (AvgIpc) is 2.43. The first-order valence-corrected chi connectivity index (χ1v) is 8.26. The van der Waals surface area contributed by atoms with Gasteiger partial charge in [0.15, 0.2) is 0 Å². The maximum atomic E-state index is 12.5. The van der Waals surface area contributed by atoms with Gasteiger partial charge in [0.2, 0.25) is 0 Å². The third-order valence-corrected chi connectivity index (χ3v) is 5.02. The van der Waals surface area contributed by atoms with Crippen molar-refractivity contribution < 1.29 is 13.5 Å². The molecule has 0 bridgehead atoms. The van der Waals surface area contributed by atoms with Crippen molar-refractivity contribution in [3.05, 3.63) is 57.6 Å². The minimum Gasteiger partial charge on any atom is -0.392 e. The highest BCUT2D eigenvalue weighted by Gasteiger charge is 2.20. The van der Waals surface area contributed by atoms with Crippen molar-refractivity contribution in [2.45, 2.75) is 18.4 Å². The van der Waals surface area contributed by atoms with Gasteiger partial charge in [0.05, 0.1) is 17.3 Å². The Morgan fingerprint density at radius 2 is 1.90 bits per heavy atom. The van der Waals surface area contributed by atoms with Crippen LogP contribution in [0.3, 0.4) is 0 Å². The van der Waals surface area contributed by atoms with Crippen molar-refractivity contribution in [1.82, 2.24) is 0 Å². The number of nitrogens with one attached hydrogen (secondary N) is 1. The Balaban J connectivity index is 2.50. The Kier molecular flexibility index (Phi) is 4.78. The van der Waals surface area contributed by atoms with Crippen molar-refractivity contribution in [3.63, 3.8) is 0 Å².